The highest BCUT2D eigenvalue weighted by molar-refractivity contribution is 7.98. The van der Waals surface area contributed by atoms with Crippen LogP contribution in [0.15, 0.2) is 22.2 Å². The van der Waals surface area contributed by atoms with Crippen LogP contribution in [-0.4, -0.2) is 15.0 Å². The van der Waals surface area contributed by atoms with Gasteiger partial charge in [-0.1, -0.05) is 11.8 Å². The number of hydrogen-bond acceptors (Lipinski definition) is 4. The predicted octanol–water partition coefficient (Wildman–Crippen LogP) is 2.95. The van der Waals surface area contributed by atoms with Crippen molar-refractivity contribution in [2.45, 2.75) is 50.4 Å². The Labute approximate surface area is 128 Å². The first kappa shape index (κ1) is 14.3. The van der Waals surface area contributed by atoms with Crippen molar-refractivity contribution >= 4 is 11.8 Å². The van der Waals surface area contributed by atoms with E-state index in [1.807, 2.05) is 19.2 Å². The average Bonchev–Trinajstić information content (AvgIpc) is 2.47. The van der Waals surface area contributed by atoms with Gasteiger partial charge in [-0.15, -0.1) is 0 Å². The number of H-pyrrole nitrogens is 1. The largest absolute Gasteiger partial charge is 0.301 e. The molecule has 0 saturated heterocycles. The maximum Gasteiger partial charge on any atom is 0.254 e. The lowest BCUT2D eigenvalue weighted by Gasteiger charge is -2.14. The van der Waals surface area contributed by atoms with Crippen LogP contribution in [-0.2, 0) is 18.6 Å². The lowest BCUT2D eigenvalue weighted by Crippen LogP contribution is -2.21. The van der Waals surface area contributed by atoms with Gasteiger partial charge in [-0.3, -0.25) is 9.78 Å². The van der Waals surface area contributed by atoms with E-state index in [4.69, 9.17) is 0 Å². The minimum Gasteiger partial charge on any atom is -0.301 e. The molecule has 0 bridgehead atoms. The third-order valence-electron chi connectivity index (χ3n) is 4.03. The van der Waals surface area contributed by atoms with Crippen molar-refractivity contribution in [3.63, 3.8) is 0 Å². The van der Waals surface area contributed by atoms with Crippen molar-refractivity contribution < 1.29 is 0 Å². The Bertz CT molecular complexity index is 704. The molecule has 21 heavy (non-hydrogen) atoms. The highest BCUT2D eigenvalue weighted by Crippen LogP contribution is 2.24. The second-order valence-corrected chi connectivity index (χ2v) is 6.45. The number of aromatic amines is 1. The van der Waals surface area contributed by atoms with E-state index in [1.165, 1.54) is 11.1 Å². The maximum absolute atomic E-state index is 12.1. The van der Waals surface area contributed by atoms with Crippen LogP contribution in [0.5, 0.6) is 0 Å². The van der Waals surface area contributed by atoms with E-state index >= 15 is 0 Å². The first-order valence-corrected chi connectivity index (χ1v) is 8.29. The van der Waals surface area contributed by atoms with E-state index in [0.717, 1.165) is 53.5 Å². The summed E-state index contributed by atoms with van der Waals surface area (Å²) in [4.78, 5) is 24.0. The summed E-state index contributed by atoms with van der Waals surface area (Å²) in [5, 5.41) is 0.725. The van der Waals surface area contributed by atoms with Crippen molar-refractivity contribution in [1.82, 2.24) is 15.0 Å². The second-order valence-electron chi connectivity index (χ2n) is 5.48. The lowest BCUT2D eigenvalue weighted by molar-refractivity contribution is 0.641. The molecule has 2 aromatic rings. The summed E-state index contributed by atoms with van der Waals surface area (Å²) in [5.41, 5.74) is 5.43. The molecule has 0 fully saturated rings. The van der Waals surface area contributed by atoms with Gasteiger partial charge >= 0.3 is 0 Å². The van der Waals surface area contributed by atoms with E-state index in [2.05, 4.69) is 21.9 Å². The van der Waals surface area contributed by atoms with Crippen molar-refractivity contribution in [2.24, 2.45) is 0 Å². The van der Waals surface area contributed by atoms with E-state index in [0.29, 0.717) is 0 Å². The molecule has 0 unspecified atom stereocenters. The molecular formula is C16H19N3OS. The molecule has 0 atom stereocenters. The van der Waals surface area contributed by atoms with E-state index in [1.54, 1.807) is 11.8 Å². The summed E-state index contributed by atoms with van der Waals surface area (Å²) in [6, 6.07) is 2.02. The Morgan fingerprint density at radius 2 is 2.10 bits per heavy atom. The van der Waals surface area contributed by atoms with Gasteiger partial charge < -0.3 is 4.98 Å². The molecule has 1 N–H and O–H groups in total. The Hall–Kier alpha value is -1.62. The molecule has 2 aromatic heterocycles. The lowest BCUT2D eigenvalue weighted by atomic mass is 9.97. The fourth-order valence-electron chi connectivity index (χ4n) is 2.73. The van der Waals surface area contributed by atoms with Crippen LogP contribution in [0.2, 0.25) is 0 Å². The Balaban J connectivity index is 1.83. The molecule has 1 aliphatic rings. The van der Waals surface area contributed by atoms with Gasteiger partial charge in [0, 0.05) is 23.2 Å². The van der Waals surface area contributed by atoms with Crippen molar-refractivity contribution in [3.8, 4) is 0 Å². The molecule has 0 aromatic carbocycles. The van der Waals surface area contributed by atoms with E-state index < -0.39 is 0 Å². The smallest absolute Gasteiger partial charge is 0.254 e. The minimum absolute atomic E-state index is 0.0434. The van der Waals surface area contributed by atoms with Gasteiger partial charge in [0.25, 0.3) is 5.56 Å². The molecule has 0 radical (unpaired) electrons. The van der Waals surface area contributed by atoms with Crippen molar-refractivity contribution in [3.05, 3.63) is 50.7 Å². The summed E-state index contributed by atoms with van der Waals surface area (Å²) >= 11 is 1.58. The number of nitrogens with zero attached hydrogens (tertiary/aromatic N) is 2. The summed E-state index contributed by atoms with van der Waals surface area (Å²) < 4.78 is 0. The SMILES string of the molecule is Cc1ccnc(C)c1CSc1nc2c(c(=O)[nH]1)CCCC2. The first-order chi connectivity index (χ1) is 10.1. The van der Waals surface area contributed by atoms with Gasteiger partial charge in [0.05, 0.1) is 5.69 Å². The molecule has 5 heteroatoms. The average molecular weight is 301 g/mol. The van der Waals surface area contributed by atoms with Crippen molar-refractivity contribution in [2.75, 3.05) is 0 Å². The van der Waals surface area contributed by atoms with Crippen molar-refractivity contribution in [1.29, 1.82) is 0 Å². The van der Waals surface area contributed by atoms with Gasteiger partial charge in [0.1, 0.15) is 0 Å². The number of aromatic nitrogens is 3. The number of thioether (sulfide) groups is 1. The topological polar surface area (TPSA) is 58.6 Å². The van der Waals surface area contributed by atoms with Crippen LogP contribution in [0.3, 0.4) is 0 Å². The highest BCUT2D eigenvalue weighted by Gasteiger charge is 2.16. The number of fused-ring (bicyclic) bond motifs is 1. The molecule has 0 amide bonds. The van der Waals surface area contributed by atoms with Crippen LogP contribution in [0, 0.1) is 13.8 Å². The van der Waals surface area contributed by atoms with Crippen LogP contribution < -0.4 is 5.56 Å². The Kier molecular flexibility index (Phi) is 4.10. The predicted molar refractivity (Wildman–Crippen MR) is 84.8 cm³/mol. The summed E-state index contributed by atoms with van der Waals surface area (Å²) in [5.74, 6) is 0.785. The minimum atomic E-state index is 0.0434. The van der Waals surface area contributed by atoms with Gasteiger partial charge in [-0.05, 0) is 56.7 Å². The van der Waals surface area contributed by atoms with E-state index in [9.17, 15) is 4.79 Å². The number of aryl methyl sites for hydroxylation is 3. The standard InChI is InChI=1S/C16H19N3OS/c1-10-7-8-17-11(2)13(10)9-21-16-18-14-6-4-3-5-12(14)15(20)19-16/h7-8H,3-6,9H2,1-2H3,(H,18,19,20). The third kappa shape index (κ3) is 3.02. The molecule has 2 heterocycles. The molecule has 0 aliphatic heterocycles. The maximum atomic E-state index is 12.1. The number of hydrogen-bond donors (Lipinski definition) is 1. The second kappa shape index (κ2) is 6.02. The Morgan fingerprint density at radius 1 is 1.29 bits per heavy atom. The zero-order valence-electron chi connectivity index (χ0n) is 12.4. The molecule has 110 valence electrons. The third-order valence-corrected chi connectivity index (χ3v) is 4.93. The molecule has 3 rings (SSSR count). The van der Waals surface area contributed by atoms with Gasteiger partial charge in [-0.2, -0.15) is 0 Å². The highest BCUT2D eigenvalue weighted by atomic mass is 32.2. The summed E-state index contributed by atoms with van der Waals surface area (Å²) in [6.45, 7) is 4.11. The van der Waals surface area contributed by atoms with Gasteiger partial charge in [0.15, 0.2) is 5.16 Å². The number of pyridine rings is 1. The number of nitrogens with one attached hydrogen (secondary N) is 1. The summed E-state index contributed by atoms with van der Waals surface area (Å²) in [7, 11) is 0. The molecule has 1 aliphatic carbocycles. The quantitative estimate of drug-likeness (QED) is 0.699. The molecular weight excluding hydrogens is 282 g/mol. The molecule has 4 nitrogen and oxygen atoms in total. The monoisotopic (exact) mass is 301 g/mol. The normalized spacial score (nSPS) is 14.0. The van der Waals surface area contributed by atoms with Crippen LogP contribution in [0.4, 0.5) is 0 Å². The molecule has 0 spiro atoms. The van der Waals surface area contributed by atoms with Crippen LogP contribution in [0.1, 0.15) is 40.9 Å². The fourth-order valence-corrected chi connectivity index (χ4v) is 3.79. The van der Waals surface area contributed by atoms with Crippen LogP contribution in [0.25, 0.3) is 0 Å². The van der Waals surface area contributed by atoms with Gasteiger partial charge in [-0.25, -0.2) is 4.98 Å². The Morgan fingerprint density at radius 3 is 2.90 bits per heavy atom. The number of rotatable bonds is 3. The molecule has 0 saturated carbocycles. The summed E-state index contributed by atoms with van der Waals surface area (Å²) in [6.07, 6.45) is 5.85. The van der Waals surface area contributed by atoms with E-state index in [-0.39, 0.29) is 5.56 Å². The zero-order chi connectivity index (χ0) is 14.8. The van der Waals surface area contributed by atoms with Crippen LogP contribution >= 0.6 is 11.8 Å². The fraction of sp³-hybridized carbons (Fsp3) is 0.438. The zero-order valence-corrected chi connectivity index (χ0v) is 13.2. The first-order valence-electron chi connectivity index (χ1n) is 7.31. The van der Waals surface area contributed by atoms with Gasteiger partial charge in [0.2, 0.25) is 0 Å².